The largest absolute Gasteiger partial charge is 0.378 e. The molecule has 2 atom stereocenters. The topological polar surface area (TPSA) is 18.5 Å². The molecule has 3 heteroatoms. The number of halogens is 1. The van der Waals surface area contributed by atoms with Crippen molar-refractivity contribution in [1.29, 1.82) is 0 Å². The van der Waals surface area contributed by atoms with Gasteiger partial charge in [0.2, 0.25) is 0 Å². The minimum Gasteiger partial charge on any atom is -0.378 e. The molecular formula is C10H19ClO2. The van der Waals surface area contributed by atoms with E-state index in [-0.39, 0.29) is 0 Å². The molecular weight excluding hydrogens is 188 g/mol. The smallest absolute Gasteiger partial charge is 0.0808 e. The summed E-state index contributed by atoms with van der Waals surface area (Å²) < 4.78 is 11.1. The van der Waals surface area contributed by atoms with E-state index in [1.54, 1.807) is 0 Å². The predicted molar refractivity (Wildman–Crippen MR) is 54.3 cm³/mol. The van der Waals surface area contributed by atoms with Crippen molar-refractivity contribution < 1.29 is 9.47 Å². The van der Waals surface area contributed by atoms with Crippen LogP contribution in [-0.2, 0) is 9.47 Å². The highest BCUT2D eigenvalue weighted by Crippen LogP contribution is 2.13. The zero-order chi connectivity index (χ0) is 9.52. The third kappa shape index (κ3) is 4.84. The van der Waals surface area contributed by atoms with Crippen LogP contribution in [0.3, 0.4) is 0 Å². The van der Waals surface area contributed by atoms with Gasteiger partial charge in [0.1, 0.15) is 0 Å². The molecule has 78 valence electrons. The molecule has 0 spiro atoms. The lowest BCUT2D eigenvalue weighted by atomic mass is 10.1. The van der Waals surface area contributed by atoms with E-state index in [2.05, 4.69) is 6.92 Å². The molecule has 0 saturated carbocycles. The molecule has 0 N–H and O–H groups in total. The summed E-state index contributed by atoms with van der Waals surface area (Å²) >= 11 is 5.66. The minimum atomic E-state index is 0.330. The van der Waals surface area contributed by atoms with Crippen molar-refractivity contribution in [2.45, 2.75) is 32.3 Å². The third-order valence-corrected chi connectivity index (χ3v) is 2.77. The van der Waals surface area contributed by atoms with Crippen LogP contribution in [0.5, 0.6) is 0 Å². The average Bonchev–Trinajstić information content (AvgIpc) is 2.19. The maximum absolute atomic E-state index is 5.66. The van der Waals surface area contributed by atoms with Crippen LogP contribution in [0.15, 0.2) is 0 Å². The Morgan fingerprint density at radius 3 is 3.00 bits per heavy atom. The Balaban J connectivity index is 1.98. The molecule has 1 heterocycles. The number of hydrogen-bond acceptors (Lipinski definition) is 2. The van der Waals surface area contributed by atoms with Crippen molar-refractivity contribution in [3.05, 3.63) is 0 Å². The zero-order valence-electron chi connectivity index (χ0n) is 8.30. The highest BCUT2D eigenvalue weighted by Gasteiger charge is 2.13. The fraction of sp³-hybridized carbons (Fsp3) is 1.00. The summed E-state index contributed by atoms with van der Waals surface area (Å²) in [4.78, 5) is 0. The van der Waals surface area contributed by atoms with Gasteiger partial charge in [0, 0.05) is 12.5 Å². The van der Waals surface area contributed by atoms with Gasteiger partial charge < -0.3 is 9.47 Å². The van der Waals surface area contributed by atoms with Gasteiger partial charge in [-0.15, -0.1) is 11.6 Å². The van der Waals surface area contributed by atoms with Crippen molar-refractivity contribution in [2.75, 3.05) is 25.7 Å². The van der Waals surface area contributed by atoms with E-state index < -0.39 is 0 Å². The maximum Gasteiger partial charge on any atom is 0.0808 e. The summed E-state index contributed by atoms with van der Waals surface area (Å²) in [6.45, 7) is 4.48. The van der Waals surface area contributed by atoms with Crippen molar-refractivity contribution in [3.8, 4) is 0 Å². The summed E-state index contributed by atoms with van der Waals surface area (Å²) in [6.07, 6.45) is 3.96. The fourth-order valence-electron chi connectivity index (χ4n) is 1.38. The van der Waals surface area contributed by atoms with Crippen LogP contribution in [0.25, 0.3) is 0 Å². The number of rotatable bonds is 5. The second-order valence-electron chi connectivity index (χ2n) is 3.79. The van der Waals surface area contributed by atoms with Crippen LogP contribution in [0.2, 0.25) is 0 Å². The van der Waals surface area contributed by atoms with Crippen molar-refractivity contribution in [2.24, 2.45) is 5.92 Å². The summed E-state index contributed by atoms with van der Waals surface area (Å²) in [5, 5.41) is 0. The van der Waals surface area contributed by atoms with E-state index in [1.165, 1.54) is 12.8 Å². The number of alkyl halides is 1. The SMILES string of the molecule is CC(CCl)COCC1CCCCO1. The van der Waals surface area contributed by atoms with E-state index in [1.807, 2.05) is 0 Å². The molecule has 0 aromatic carbocycles. The lowest BCUT2D eigenvalue weighted by molar-refractivity contribution is -0.0448. The lowest BCUT2D eigenvalue weighted by Crippen LogP contribution is -2.25. The molecule has 1 saturated heterocycles. The Morgan fingerprint density at radius 2 is 2.38 bits per heavy atom. The first-order valence-corrected chi connectivity index (χ1v) is 5.61. The molecule has 0 aliphatic carbocycles. The number of ether oxygens (including phenoxy) is 2. The van der Waals surface area contributed by atoms with Crippen LogP contribution >= 0.6 is 11.6 Å². The highest BCUT2D eigenvalue weighted by atomic mass is 35.5. The molecule has 1 fully saturated rings. The van der Waals surface area contributed by atoms with Gasteiger partial charge in [0.15, 0.2) is 0 Å². The monoisotopic (exact) mass is 206 g/mol. The Hall–Kier alpha value is 0.210. The standard InChI is InChI=1S/C10H19ClO2/c1-9(6-11)7-12-8-10-4-2-3-5-13-10/h9-10H,2-8H2,1H3. The Kier molecular flexibility index (Phi) is 5.76. The molecule has 0 bridgehead atoms. The minimum absolute atomic E-state index is 0.330. The first kappa shape index (κ1) is 11.3. The van der Waals surface area contributed by atoms with E-state index in [0.717, 1.165) is 26.2 Å². The van der Waals surface area contributed by atoms with Gasteiger partial charge in [0.25, 0.3) is 0 Å². The van der Waals surface area contributed by atoms with E-state index in [0.29, 0.717) is 17.9 Å². The van der Waals surface area contributed by atoms with Crippen molar-refractivity contribution in [3.63, 3.8) is 0 Å². The molecule has 2 unspecified atom stereocenters. The second kappa shape index (κ2) is 6.63. The Bertz CT molecular complexity index is 124. The first-order chi connectivity index (χ1) is 6.33. The zero-order valence-corrected chi connectivity index (χ0v) is 9.05. The molecule has 1 aliphatic heterocycles. The fourth-order valence-corrected chi connectivity index (χ4v) is 1.47. The lowest BCUT2D eigenvalue weighted by Gasteiger charge is -2.22. The molecule has 1 aliphatic rings. The van der Waals surface area contributed by atoms with E-state index in [9.17, 15) is 0 Å². The summed E-state index contributed by atoms with van der Waals surface area (Å²) in [5.74, 6) is 1.12. The van der Waals surface area contributed by atoms with E-state index in [4.69, 9.17) is 21.1 Å². The van der Waals surface area contributed by atoms with Crippen molar-refractivity contribution >= 4 is 11.6 Å². The molecule has 0 amide bonds. The molecule has 1 rings (SSSR count). The van der Waals surface area contributed by atoms with Crippen LogP contribution in [0.4, 0.5) is 0 Å². The van der Waals surface area contributed by atoms with Gasteiger partial charge in [0.05, 0.1) is 19.3 Å². The van der Waals surface area contributed by atoms with E-state index >= 15 is 0 Å². The molecule has 0 radical (unpaired) electrons. The normalized spacial score (nSPS) is 25.8. The van der Waals surface area contributed by atoms with Gasteiger partial charge in [-0.1, -0.05) is 6.92 Å². The van der Waals surface area contributed by atoms with Crippen LogP contribution in [0.1, 0.15) is 26.2 Å². The van der Waals surface area contributed by atoms with Gasteiger partial charge in [-0.05, 0) is 25.2 Å². The second-order valence-corrected chi connectivity index (χ2v) is 4.09. The summed E-state index contributed by atoms with van der Waals surface area (Å²) in [7, 11) is 0. The van der Waals surface area contributed by atoms with Crippen LogP contribution in [0, 0.1) is 5.92 Å². The molecule has 13 heavy (non-hydrogen) atoms. The average molecular weight is 207 g/mol. The van der Waals surface area contributed by atoms with Gasteiger partial charge >= 0.3 is 0 Å². The summed E-state index contributed by atoms with van der Waals surface area (Å²) in [6, 6.07) is 0. The quantitative estimate of drug-likeness (QED) is 0.644. The maximum atomic E-state index is 5.66. The van der Waals surface area contributed by atoms with Gasteiger partial charge in [-0.3, -0.25) is 0 Å². The number of hydrogen-bond donors (Lipinski definition) is 0. The van der Waals surface area contributed by atoms with Crippen LogP contribution < -0.4 is 0 Å². The predicted octanol–water partition coefficient (Wildman–Crippen LogP) is 2.45. The van der Waals surface area contributed by atoms with Crippen LogP contribution in [-0.4, -0.2) is 31.8 Å². The highest BCUT2D eigenvalue weighted by molar-refractivity contribution is 6.18. The molecule has 0 aromatic rings. The Morgan fingerprint density at radius 1 is 1.54 bits per heavy atom. The molecule has 2 nitrogen and oxygen atoms in total. The van der Waals surface area contributed by atoms with Gasteiger partial charge in [-0.25, -0.2) is 0 Å². The Labute approximate surface area is 85.5 Å². The third-order valence-electron chi connectivity index (χ3n) is 2.24. The van der Waals surface area contributed by atoms with Gasteiger partial charge in [-0.2, -0.15) is 0 Å². The first-order valence-electron chi connectivity index (χ1n) is 5.08. The summed E-state index contributed by atoms with van der Waals surface area (Å²) in [5.41, 5.74) is 0. The van der Waals surface area contributed by atoms with Crippen molar-refractivity contribution in [1.82, 2.24) is 0 Å². The molecule has 0 aromatic heterocycles.